The molecule has 2 atom stereocenters. The van der Waals surface area contributed by atoms with Crippen molar-refractivity contribution in [3.63, 3.8) is 0 Å². The van der Waals surface area contributed by atoms with E-state index >= 15 is 4.39 Å². The molecular formula is C32H38F4N6O5S. The van der Waals surface area contributed by atoms with Crippen LogP contribution < -0.4 is 10.6 Å². The minimum Gasteiger partial charge on any atom is -0.444 e. The first kappa shape index (κ1) is 35.1. The van der Waals surface area contributed by atoms with Gasteiger partial charge in [0.15, 0.2) is 0 Å². The number of alkyl halides is 4. The first-order valence-corrected chi connectivity index (χ1v) is 16.1. The molecule has 0 spiro atoms. The van der Waals surface area contributed by atoms with Gasteiger partial charge in [-0.1, -0.05) is 11.2 Å². The molecule has 1 aromatic carbocycles. The Hall–Kier alpha value is -4.18. The maximum absolute atomic E-state index is 15.3. The summed E-state index contributed by atoms with van der Waals surface area (Å²) in [6, 6.07) is 9.01. The van der Waals surface area contributed by atoms with Crippen LogP contribution in [0.2, 0.25) is 0 Å². The van der Waals surface area contributed by atoms with E-state index in [1.165, 1.54) is 28.4 Å². The summed E-state index contributed by atoms with van der Waals surface area (Å²) in [5.41, 5.74) is -0.628. The highest BCUT2D eigenvalue weighted by atomic mass is 32.1. The number of likely N-dealkylation sites (tertiary alicyclic amines) is 1. The van der Waals surface area contributed by atoms with Crippen LogP contribution in [-0.4, -0.2) is 75.8 Å². The van der Waals surface area contributed by atoms with Crippen LogP contribution in [0.4, 0.5) is 28.0 Å². The SMILES string of the molecule is COC(C)(C)c1ccc(C(=O)NCc2nc(-c3cc4c(N[C@H]5CCN(C(=O)OC(C)(C)C)C[C@H]5F)cccc4n3CC(F)(F)F)no2)s1. The molecular weight excluding hydrogens is 656 g/mol. The average Bonchev–Trinajstić information content (AvgIpc) is 3.75. The Bertz CT molecular complexity index is 1780. The summed E-state index contributed by atoms with van der Waals surface area (Å²) >= 11 is 1.27. The van der Waals surface area contributed by atoms with E-state index in [1.54, 1.807) is 52.1 Å². The van der Waals surface area contributed by atoms with Gasteiger partial charge >= 0.3 is 12.3 Å². The summed E-state index contributed by atoms with van der Waals surface area (Å²) in [6.07, 6.45) is -6.39. The lowest BCUT2D eigenvalue weighted by Crippen LogP contribution is -2.51. The number of nitrogens with zero attached hydrogens (tertiary/aromatic N) is 4. The third-order valence-corrected chi connectivity index (χ3v) is 9.24. The summed E-state index contributed by atoms with van der Waals surface area (Å²) in [7, 11) is 1.58. The molecule has 11 nitrogen and oxygen atoms in total. The second-order valence-corrected chi connectivity index (χ2v) is 14.1. The molecule has 0 aliphatic carbocycles. The minimum atomic E-state index is -4.58. The fourth-order valence-electron chi connectivity index (χ4n) is 5.26. The van der Waals surface area contributed by atoms with E-state index in [0.29, 0.717) is 16.0 Å². The van der Waals surface area contributed by atoms with Crippen molar-refractivity contribution in [3.05, 3.63) is 52.0 Å². The Kier molecular flexibility index (Phi) is 9.79. The van der Waals surface area contributed by atoms with Gasteiger partial charge in [-0.25, -0.2) is 9.18 Å². The Labute approximate surface area is 278 Å². The van der Waals surface area contributed by atoms with Gasteiger partial charge in [-0.15, -0.1) is 11.3 Å². The molecule has 2 N–H and O–H groups in total. The van der Waals surface area contributed by atoms with Crippen LogP contribution in [-0.2, 0) is 28.2 Å². The zero-order valence-corrected chi connectivity index (χ0v) is 28.2. The second kappa shape index (κ2) is 13.4. The van der Waals surface area contributed by atoms with Crippen molar-refractivity contribution in [1.82, 2.24) is 24.9 Å². The number of piperidine rings is 1. The number of fused-ring (bicyclic) bond motifs is 1. The van der Waals surface area contributed by atoms with Gasteiger partial charge in [0.2, 0.25) is 11.7 Å². The number of amides is 2. The molecule has 260 valence electrons. The summed E-state index contributed by atoms with van der Waals surface area (Å²) < 4.78 is 73.9. The quantitative estimate of drug-likeness (QED) is 0.182. The van der Waals surface area contributed by atoms with Gasteiger partial charge in [0, 0.05) is 29.6 Å². The molecule has 0 bridgehead atoms. The Morgan fingerprint density at radius 2 is 1.88 bits per heavy atom. The van der Waals surface area contributed by atoms with E-state index < -0.39 is 42.2 Å². The predicted octanol–water partition coefficient (Wildman–Crippen LogP) is 6.89. The fraction of sp³-hybridized carbons (Fsp3) is 0.500. The Balaban J connectivity index is 1.34. The van der Waals surface area contributed by atoms with Crippen molar-refractivity contribution in [2.75, 3.05) is 25.5 Å². The number of hydrogen-bond acceptors (Lipinski definition) is 9. The number of thiophene rings is 1. The molecule has 16 heteroatoms. The number of halogens is 4. The number of aromatic nitrogens is 3. The number of carbonyl (C=O) groups is 2. The molecule has 1 fully saturated rings. The summed E-state index contributed by atoms with van der Waals surface area (Å²) in [6.45, 7) is 7.50. The molecule has 3 aromatic heterocycles. The number of nitrogens with one attached hydrogen (secondary N) is 2. The topological polar surface area (TPSA) is 124 Å². The number of carbonyl (C=O) groups excluding carboxylic acids is 2. The third kappa shape index (κ3) is 8.09. The van der Waals surface area contributed by atoms with E-state index in [9.17, 15) is 22.8 Å². The van der Waals surface area contributed by atoms with Crippen LogP contribution >= 0.6 is 11.3 Å². The van der Waals surface area contributed by atoms with Crippen LogP contribution in [0.5, 0.6) is 0 Å². The number of ether oxygens (including phenoxy) is 2. The molecule has 2 amide bonds. The Morgan fingerprint density at radius 1 is 1.12 bits per heavy atom. The number of benzene rings is 1. The summed E-state index contributed by atoms with van der Waals surface area (Å²) in [5.74, 6) is -0.505. The number of anilines is 1. The first-order valence-electron chi connectivity index (χ1n) is 15.3. The van der Waals surface area contributed by atoms with Crippen LogP contribution in [0, 0.1) is 0 Å². The van der Waals surface area contributed by atoms with Gasteiger partial charge < -0.3 is 34.1 Å². The van der Waals surface area contributed by atoms with E-state index in [0.717, 1.165) is 9.44 Å². The van der Waals surface area contributed by atoms with Crippen LogP contribution in [0.25, 0.3) is 22.4 Å². The van der Waals surface area contributed by atoms with Crippen molar-refractivity contribution >= 4 is 39.9 Å². The van der Waals surface area contributed by atoms with Crippen LogP contribution in [0.1, 0.15) is 61.5 Å². The predicted molar refractivity (Wildman–Crippen MR) is 172 cm³/mol. The highest BCUT2D eigenvalue weighted by Gasteiger charge is 2.35. The highest BCUT2D eigenvalue weighted by molar-refractivity contribution is 7.14. The lowest BCUT2D eigenvalue weighted by Gasteiger charge is -2.36. The smallest absolute Gasteiger partial charge is 0.410 e. The normalized spacial score (nSPS) is 17.5. The number of hydrogen-bond donors (Lipinski definition) is 2. The molecule has 4 heterocycles. The first-order chi connectivity index (χ1) is 22.4. The maximum Gasteiger partial charge on any atom is 0.410 e. The summed E-state index contributed by atoms with van der Waals surface area (Å²) in [5, 5.41) is 10.1. The van der Waals surface area contributed by atoms with Crippen molar-refractivity contribution in [1.29, 1.82) is 0 Å². The number of rotatable bonds is 9. The second-order valence-electron chi connectivity index (χ2n) is 13.0. The van der Waals surface area contributed by atoms with E-state index in [2.05, 4.69) is 20.8 Å². The lowest BCUT2D eigenvalue weighted by atomic mass is 10.0. The molecule has 5 rings (SSSR count). The Morgan fingerprint density at radius 3 is 2.54 bits per heavy atom. The molecule has 4 aromatic rings. The van der Waals surface area contributed by atoms with E-state index in [4.69, 9.17) is 14.0 Å². The van der Waals surface area contributed by atoms with Gasteiger partial charge in [-0.05, 0) is 71.4 Å². The lowest BCUT2D eigenvalue weighted by molar-refractivity contribution is -0.139. The van der Waals surface area contributed by atoms with Gasteiger partial charge in [0.1, 0.15) is 18.3 Å². The van der Waals surface area contributed by atoms with Crippen molar-refractivity contribution in [3.8, 4) is 11.5 Å². The van der Waals surface area contributed by atoms with Crippen molar-refractivity contribution < 1.29 is 41.1 Å². The fourth-order valence-corrected chi connectivity index (χ4v) is 6.27. The van der Waals surface area contributed by atoms with Gasteiger partial charge in [0.25, 0.3) is 5.91 Å². The van der Waals surface area contributed by atoms with Crippen molar-refractivity contribution in [2.24, 2.45) is 0 Å². The third-order valence-electron chi connectivity index (χ3n) is 7.85. The minimum absolute atomic E-state index is 0.00784. The van der Waals surface area contributed by atoms with E-state index in [1.807, 2.05) is 13.8 Å². The molecule has 0 saturated carbocycles. The highest BCUT2D eigenvalue weighted by Crippen LogP contribution is 2.35. The molecule has 0 unspecified atom stereocenters. The average molecular weight is 695 g/mol. The van der Waals surface area contributed by atoms with Crippen molar-refractivity contribution in [2.45, 2.75) is 83.7 Å². The van der Waals surface area contributed by atoms with Crippen LogP contribution in [0.15, 0.2) is 40.9 Å². The molecule has 1 saturated heterocycles. The van der Waals surface area contributed by atoms with Crippen LogP contribution in [0.3, 0.4) is 0 Å². The molecule has 0 radical (unpaired) electrons. The monoisotopic (exact) mass is 694 g/mol. The zero-order valence-electron chi connectivity index (χ0n) is 27.4. The zero-order chi connectivity index (χ0) is 35.0. The standard InChI is InChI=1S/C32H38F4N6O5S/c1-30(2,3)46-29(44)41-13-12-21(19(33)16-41)38-20-8-7-9-22-18(20)14-23(42(22)17-32(34,35)36)27-39-26(47-40-27)15-37-28(43)24-10-11-25(48-24)31(4,5)45-6/h7-11,14,19,21,38H,12-13,15-17H2,1-6H3,(H,37,43)/t19-,21+/m1/s1. The van der Waals surface area contributed by atoms with Gasteiger partial charge in [-0.3, -0.25) is 4.79 Å². The molecule has 48 heavy (non-hydrogen) atoms. The molecule has 1 aliphatic heterocycles. The van der Waals surface area contributed by atoms with E-state index in [-0.39, 0.29) is 54.9 Å². The molecule has 1 aliphatic rings. The summed E-state index contributed by atoms with van der Waals surface area (Å²) in [4.78, 5) is 32.1. The van der Waals surface area contributed by atoms with Gasteiger partial charge in [0.05, 0.1) is 40.8 Å². The largest absolute Gasteiger partial charge is 0.444 e. The van der Waals surface area contributed by atoms with Gasteiger partial charge in [-0.2, -0.15) is 18.2 Å². The number of methoxy groups -OCH3 is 1. The maximum atomic E-state index is 15.3.